The van der Waals surface area contributed by atoms with E-state index in [0.717, 1.165) is 18.2 Å². The van der Waals surface area contributed by atoms with Gasteiger partial charge in [-0.25, -0.2) is 0 Å². The van der Waals surface area contributed by atoms with Gasteiger partial charge in [-0.15, -0.1) is 0 Å². The van der Waals surface area contributed by atoms with Crippen LogP contribution in [0.4, 0.5) is 17.6 Å². The summed E-state index contributed by atoms with van der Waals surface area (Å²) in [7, 11) is 1.82. The molecule has 1 aromatic heterocycles. The van der Waals surface area contributed by atoms with E-state index in [0.29, 0.717) is 6.04 Å². The zero-order valence-electron chi connectivity index (χ0n) is 11.1. The van der Waals surface area contributed by atoms with Gasteiger partial charge in [-0.3, -0.25) is 4.90 Å². The number of nitrogens with two attached hydrogens (primary N) is 1. The third-order valence-electron chi connectivity index (χ3n) is 3.34. The zero-order valence-corrected chi connectivity index (χ0v) is 11.1. The quantitative estimate of drug-likeness (QED) is 0.723. The van der Waals surface area contributed by atoms with Gasteiger partial charge in [-0.2, -0.15) is 9.97 Å². The van der Waals surface area contributed by atoms with Crippen LogP contribution < -0.4 is 16.4 Å². The zero-order chi connectivity index (χ0) is 13.0. The van der Waals surface area contributed by atoms with Crippen molar-refractivity contribution < 1.29 is 0 Å². The van der Waals surface area contributed by atoms with E-state index in [2.05, 4.69) is 32.4 Å². The van der Waals surface area contributed by atoms with Crippen molar-refractivity contribution in [1.29, 1.82) is 0 Å². The molecule has 0 bridgehead atoms. The van der Waals surface area contributed by atoms with Crippen LogP contribution in [0.25, 0.3) is 0 Å². The first-order chi connectivity index (χ1) is 8.69. The minimum atomic E-state index is 0.290. The van der Waals surface area contributed by atoms with Gasteiger partial charge < -0.3 is 16.4 Å². The molecule has 2 heterocycles. The summed E-state index contributed by atoms with van der Waals surface area (Å²) in [6, 6.07) is 2.38. The number of nitrogens with zero attached hydrogens (tertiary/aromatic N) is 3. The number of aromatic nitrogens is 2. The van der Waals surface area contributed by atoms with Crippen LogP contribution in [0.2, 0.25) is 0 Å². The molecule has 1 unspecified atom stereocenters. The maximum Gasteiger partial charge on any atom is 0.223 e. The Morgan fingerprint density at radius 1 is 1.33 bits per heavy atom. The van der Waals surface area contributed by atoms with Crippen molar-refractivity contribution in [3.63, 3.8) is 0 Å². The number of hydrogen-bond acceptors (Lipinski definition) is 6. The van der Waals surface area contributed by atoms with Gasteiger partial charge >= 0.3 is 0 Å². The molecule has 1 aliphatic rings. The maximum absolute atomic E-state index is 5.65. The van der Waals surface area contributed by atoms with Crippen molar-refractivity contribution in [2.24, 2.45) is 0 Å². The third-order valence-corrected chi connectivity index (χ3v) is 3.34. The lowest BCUT2D eigenvalue weighted by molar-refractivity contribution is 0.269. The lowest BCUT2D eigenvalue weighted by Crippen LogP contribution is -2.35. The van der Waals surface area contributed by atoms with Gasteiger partial charge in [0.1, 0.15) is 11.6 Å². The number of nitrogen functional groups attached to an aromatic ring is 1. The minimum Gasteiger partial charge on any atom is -0.373 e. The molecule has 0 amide bonds. The van der Waals surface area contributed by atoms with Gasteiger partial charge in [0.05, 0.1) is 0 Å². The molecule has 1 fully saturated rings. The van der Waals surface area contributed by atoms with Gasteiger partial charge in [0, 0.05) is 25.7 Å². The average molecular weight is 250 g/mol. The van der Waals surface area contributed by atoms with Gasteiger partial charge in [-0.05, 0) is 32.9 Å². The molecule has 1 aliphatic heterocycles. The number of nitrogens with one attached hydrogen (secondary N) is 2. The average Bonchev–Trinajstić information content (AvgIpc) is 2.89. The first kappa shape index (κ1) is 12.9. The molecule has 4 N–H and O–H groups in total. The second kappa shape index (κ2) is 5.86. The molecule has 0 spiro atoms. The third kappa shape index (κ3) is 3.22. The summed E-state index contributed by atoms with van der Waals surface area (Å²) in [6.45, 7) is 5.52. The normalized spacial score (nSPS) is 17.7. The Bertz CT molecular complexity index is 388. The molecule has 18 heavy (non-hydrogen) atoms. The van der Waals surface area contributed by atoms with Crippen molar-refractivity contribution in [2.45, 2.75) is 25.8 Å². The number of rotatable bonds is 5. The highest BCUT2D eigenvalue weighted by atomic mass is 15.2. The SMILES string of the molecule is CNc1cc(NCC(C)N2CCCC2)nc(N)n1. The predicted molar refractivity (Wildman–Crippen MR) is 74.7 cm³/mol. The summed E-state index contributed by atoms with van der Waals surface area (Å²) in [4.78, 5) is 10.7. The molecular formula is C12H22N6. The molecule has 2 rings (SSSR count). The van der Waals surface area contributed by atoms with E-state index in [1.807, 2.05) is 13.1 Å². The number of hydrogen-bond donors (Lipinski definition) is 3. The van der Waals surface area contributed by atoms with Crippen LogP contribution in [0.5, 0.6) is 0 Å². The fourth-order valence-corrected chi connectivity index (χ4v) is 2.25. The minimum absolute atomic E-state index is 0.290. The fourth-order valence-electron chi connectivity index (χ4n) is 2.25. The van der Waals surface area contributed by atoms with Crippen LogP contribution in [-0.2, 0) is 0 Å². The molecule has 6 nitrogen and oxygen atoms in total. The molecule has 6 heteroatoms. The maximum atomic E-state index is 5.65. The molecule has 1 saturated heterocycles. The Balaban J connectivity index is 1.90. The van der Waals surface area contributed by atoms with Crippen LogP contribution in [0.15, 0.2) is 6.07 Å². The lowest BCUT2D eigenvalue weighted by atomic mass is 10.3. The topological polar surface area (TPSA) is 79.1 Å². The van der Waals surface area contributed by atoms with E-state index >= 15 is 0 Å². The summed E-state index contributed by atoms with van der Waals surface area (Å²) in [5.74, 6) is 1.80. The molecule has 0 saturated carbocycles. The Kier molecular flexibility index (Phi) is 4.19. The van der Waals surface area contributed by atoms with Crippen LogP contribution in [0.1, 0.15) is 19.8 Å². The summed E-state index contributed by atoms with van der Waals surface area (Å²) in [5.41, 5.74) is 5.65. The van der Waals surface area contributed by atoms with Crippen molar-refractivity contribution in [3.8, 4) is 0 Å². The summed E-state index contributed by atoms with van der Waals surface area (Å²) in [6.07, 6.45) is 2.63. The first-order valence-corrected chi connectivity index (χ1v) is 6.49. The van der Waals surface area contributed by atoms with Crippen molar-refractivity contribution in [2.75, 3.05) is 43.0 Å². The van der Waals surface area contributed by atoms with Crippen molar-refractivity contribution >= 4 is 17.6 Å². The molecular weight excluding hydrogens is 228 g/mol. The second-order valence-electron chi connectivity index (χ2n) is 4.72. The second-order valence-corrected chi connectivity index (χ2v) is 4.72. The smallest absolute Gasteiger partial charge is 0.223 e. The number of anilines is 3. The largest absolute Gasteiger partial charge is 0.373 e. The molecule has 100 valence electrons. The van der Waals surface area contributed by atoms with Crippen LogP contribution in [0, 0.1) is 0 Å². The molecule has 0 aliphatic carbocycles. The van der Waals surface area contributed by atoms with Gasteiger partial charge in [0.25, 0.3) is 0 Å². The molecule has 0 radical (unpaired) electrons. The Labute approximate surface area is 108 Å². The van der Waals surface area contributed by atoms with E-state index in [4.69, 9.17) is 5.73 Å². The Morgan fingerprint density at radius 3 is 2.67 bits per heavy atom. The molecule has 1 atom stereocenters. The van der Waals surface area contributed by atoms with Crippen LogP contribution in [0.3, 0.4) is 0 Å². The highest BCUT2D eigenvalue weighted by molar-refractivity contribution is 5.50. The monoisotopic (exact) mass is 250 g/mol. The van der Waals surface area contributed by atoms with E-state index in [-0.39, 0.29) is 5.95 Å². The van der Waals surface area contributed by atoms with Crippen molar-refractivity contribution in [1.82, 2.24) is 14.9 Å². The molecule has 0 aromatic carbocycles. The lowest BCUT2D eigenvalue weighted by Gasteiger charge is -2.24. The van der Waals surface area contributed by atoms with E-state index in [9.17, 15) is 0 Å². The van der Waals surface area contributed by atoms with E-state index < -0.39 is 0 Å². The summed E-state index contributed by atoms with van der Waals surface area (Å²) >= 11 is 0. The van der Waals surface area contributed by atoms with E-state index in [1.165, 1.54) is 25.9 Å². The molecule has 1 aromatic rings. The van der Waals surface area contributed by atoms with Crippen LogP contribution in [-0.4, -0.2) is 47.6 Å². The standard InChI is InChI=1S/C12H22N6/c1-9(18-5-3-4-6-18)8-15-11-7-10(14-2)16-12(13)17-11/h7,9H,3-6,8H2,1-2H3,(H4,13,14,15,16,17). The highest BCUT2D eigenvalue weighted by Gasteiger charge is 2.17. The van der Waals surface area contributed by atoms with Gasteiger partial charge in [0.2, 0.25) is 5.95 Å². The Hall–Kier alpha value is -1.56. The van der Waals surface area contributed by atoms with Gasteiger partial charge in [0.15, 0.2) is 0 Å². The number of likely N-dealkylation sites (tertiary alicyclic amines) is 1. The summed E-state index contributed by atoms with van der Waals surface area (Å²) in [5, 5.41) is 6.29. The van der Waals surface area contributed by atoms with Gasteiger partial charge in [-0.1, -0.05) is 0 Å². The Morgan fingerprint density at radius 2 is 2.00 bits per heavy atom. The van der Waals surface area contributed by atoms with Crippen molar-refractivity contribution in [3.05, 3.63) is 6.07 Å². The predicted octanol–water partition coefficient (Wildman–Crippen LogP) is 0.997. The fraction of sp³-hybridized carbons (Fsp3) is 0.667. The highest BCUT2D eigenvalue weighted by Crippen LogP contribution is 2.14. The summed E-state index contributed by atoms with van der Waals surface area (Å²) < 4.78 is 0. The first-order valence-electron chi connectivity index (χ1n) is 6.49. The van der Waals surface area contributed by atoms with Crippen LogP contribution >= 0.6 is 0 Å². The van der Waals surface area contributed by atoms with E-state index in [1.54, 1.807) is 0 Å².